The second-order valence-electron chi connectivity index (χ2n) is 6.51. The third-order valence-electron chi connectivity index (χ3n) is 5.77. The average Bonchev–Trinajstić information content (AvgIpc) is 2.71. The molecule has 1 aliphatic carbocycles. The summed E-state index contributed by atoms with van der Waals surface area (Å²) in [5.74, 6) is -0.494. The first-order valence-corrected chi connectivity index (χ1v) is 7.65. The first-order chi connectivity index (χ1) is 10.5. The smallest absolute Gasteiger partial charge is 0.316 e. The van der Waals surface area contributed by atoms with Crippen molar-refractivity contribution in [2.45, 2.75) is 32.0 Å². The predicted molar refractivity (Wildman–Crippen MR) is 79.7 cm³/mol. The lowest BCUT2D eigenvalue weighted by molar-refractivity contribution is -0.194. The van der Waals surface area contributed by atoms with Gasteiger partial charge >= 0.3 is 5.97 Å². The summed E-state index contributed by atoms with van der Waals surface area (Å²) in [6, 6.07) is 9.66. The SMILES string of the molecule is COC(=O)[C@@]12CC[C@]1(CF)CN([C@H](C)c1ccccc1)C2O. The molecule has 1 saturated carbocycles. The Balaban J connectivity index is 1.95. The highest BCUT2D eigenvalue weighted by molar-refractivity contribution is 5.81. The van der Waals surface area contributed by atoms with E-state index in [2.05, 4.69) is 0 Å². The lowest BCUT2D eigenvalue weighted by Gasteiger charge is -2.51. The van der Waals surface area contributed by atoms with E-state index in [4.69, 9.17) is 4.74 Å². The maximum atomic E-state index is 13.8. The third-order valence-corrected chi connectivity index (χ3v) is 5.77. The first-order valence-electron chi connectivity index (χ1n) is 7.65. The molecule has 120 valence electrons. The number of benzene rings is 1. The first kappa shape index (κ1) is 15.4. The van der Waals surface area contributed by atoms with Crippen LogP contribution in [-0.2, 0) is 9.53 Å². The van der Waals surface area contributed by atoms with E-state index in [1.165, 1.54) is 7.11 Å². The number of aliphatic hydroxyl groups is 1. The summed E-state index contributed by atoms with van der Waals surface area (Å²) < 4.78 is 18.7. The molecule has 1 unspecified atom stereocenters. The highest BCUT2D eigenvalue weighted by atomic mass is 19.1. The Labute approximate surface area is 129 Å². The van der Waals surface area contributed by atoms with Crippen molar-refractivity contribution in [2.75, 3.05) is 20.3 Å². The van der Waals surface area contributed by atoms with E-state index in [9.17, 15) is 14.3 Å². The van der Waals surface area contributed by atoms with E-state index in [1.807, 2.05) is 42.2 Å². The molecule has 1 aromatic rings. The van der Waals surface area contributed by atoms with Crippen LogP contribution in [0.1, 0.15) is 31.4 Å². The molecule has 22 heavy (non-hydrogen) atoms. The lowest BCUT2D eigenvalue weighted by Crippen LogP contribution is -2.60. The van der Waals surface area contributed by atoms with Crippen LogP contribution in [0.3, 0.4) is 0 Å². The molecule has 2 fully saturated rings. The fourth-order valence-electron chi connectivity index (χ4n) is 4.20. The Kier molecular flexibility index (Phi) is 3.73. The number of esters is 1. The van der Waals surface area contributed by atoms with Crippen molar-refractivity contribution in [1.82, 2.24) is 4.90 Å². The molecule has 0 bridgehead atoms. The van der Waals surface area contributed by atoms with Crippen LogP contribution in [0.15, 0.2) is 30.3 Å². The second-order valence-corrected chi connectivity index (χ2v) is 6.51. The van der Waals surface area contributed by atoms with Gasteiger partial charge in [-0.3, -0.25) is 14.1 Å². The van der Waals surface area contributed by atoms with Crippen molar-refractivity contribution in [3.05, 3.63) is 35.9 Å². The molecule has 3 rings (SSSR count). The van der Waals surface area contributed by atoms with Crippen LogP contribution in [0.2, 0.25) is 0 Å². The third kappa shape index (κ3) is 1.78. The summed E-state index contributed by atoms with van der Waals surface area (Å²) in [6.45, 7) is 1.73. The number of hydrogen-bond donors (Lipinski definition) is 1. The minimum Gasteiger partial charge on any atom is -0.468 e. The molecule has 1 aromatic carbocycles. The fourth-order valence-corrected chi connectivity index (χ4v) is 4.20. The molecule has 4 atom stereocenters. The zero-order valence-corrected chi connectivity index (χ0v) is 13.0. The molecule has 5 heteroatoms. The number of aliphatic hydroxyl groups excluding tert-OH is 1. The molecular weight excluding hydrogens is 285 g/mol. The number of halogens is 1. The normalized spacial score (nSPS) is 35.5. The molecule has 1 N–H and O–H groups in total. The monoisotopic (exact) mass is 307 g/mol. The van der Waals surface area contributed by atoms with Crippen molar-refractivity contribution < 1.29 is 19.0 Å². The minimum atomic E-state index is -1.13. The molecular formula is C17H22FNO3. The van der Waals surface area contributed by atoms with E-state index >= 15 is 0 Å². The van der Waals surface area contributed by atoms with Gasteiger partial charge in [0.15, 0.2) is 0 Å². The lowest BCUT2D eigenvalue weighted by atomic mass is 9.51. The summed E-state index contributed by atoms with van der Waals surface area (Å²) in [4.78, 5) is 14.1. The topological polar surface area (TPSA) is 49.8 Å². The average molecular weight is 307 g/mol. The Bertz CT molecular complexity index is 562. The maximum Gasteiger partial charge on any atom is 0.316 e. The molecule has 1 heterocycles. The van der Waals surface area contributed by atoms with Crippen LogP contribution >= 0.6 is 0 Å². The van der Waals surface area contributed by atoms with Gasteiger partial charge in [0.2, 0.25) is 0 Å². The van der Waals surface area contributed by atoms with Crippen molar-refractivity contribution >= 4 is 5.97 Å². The molecule has 0 radical (unpaired) electrons. The second kappa shape index (κ2) is 5.32. The van der Waals surface area contributed by atoms with Crippen molar-refractivity contribution in [3.8, 4) is 0 Å². The van der Waals surface area contributed by atoms with Gasteiger partial charge in [0.1, 0.15) is 11.6 Å². The highest BCUT2D eigenvalue weighted by Crippen LogP contribution is 2.65. The van der Waals surface area contributed by atoms with E-state index in [-0.39, 0.29) is 6.04 Å². The summed E-state index contributed by atoms with van der Waals surface area (Å²) in [5.41, 5.74) is -0.904. The molecule has 1 aliphatic heterocycles. The summed E-state index contributed by atoms with van der Waals surface area (Å²) in [7, 11) is 1.30. The number of likely N-dealkylation sites (tertiary alicyclic amines) is 1. The van der Waals surface area contributed by atoms with Gasteiger partial charge < -0.3 is 9.84 Å². The summed E-state index contributed by atoms with van der Waals surface area (Å²) in [6.07, 6.45) is 0.0656. The van der Waals surface area contributed by atoms with Gasteiger partial charge in [-0.15, -0.1) is 0 Å². The number of nitrogens with zero attached hydrogens (tertiary/aromatic N) is 1. The van der Waals surface area contributed by atoms with Crippen LogP contribution in [0.5, 0.6) is 0 Å². The van der Waals surface area contributed by atoms with Gasteiger partial charge in [-0.05, 0) is 25.3 Å². The Hall–Kier alpha value is -1.46. The Morgan fingerprint density at radius 2 is 2.14 bits per heavy atom. The number of alkyl halides is 1. The van der Waals surface area contributed by atoms with E-state index in [0.717, 1.165) is 5.56 Å². The summed E-state index contributed by atoms with van der Waals surface area (Å²) >= 11 is 0. The fraction of sp³-hybridized carbons (Fsp3) is 0.588. The van der Waals surface area contributed by atoms with Gasteiger partial charge in [-0.25, -0.2) is 0 Å². The standard InChI is InChI=1S/C17H22FNO3/c1-12(13-6-4-3-5-7-13)19-11-16(10-18)8-9-17(16,14(19)20)15(21)22-2/h3-7,12,14,20H,8-11H2,1-2H3/t12-,14?,16+,17+/m1/s1. The van der Waals surface area contributed by atoms with Gasteiger partial charge in [0, 0.05) is 18.0 Å². The molecule has 0 aromatic heterocycles. The van der Waals surface area contributed by atoms with E-state index in [1.54, 1.807) is 0 Å². The molecule has 0 spiro atoms. The zero-order chi connectivity index (χ0) is 16.0. The maximum absolute atomic E-state index is 13.8. The van der Waals surface area contributed by atoms with E-state index in [0.29, 0.717) is 19.4 Å². The van der Waals surface area contributed by atoms with E-state index < -0.39 is 29.7 Å². The number of methoxy groups -OCH3 is 1. The largest absolute Gasteiger partial charge is 0.468 e. The van der Waals surface area contributed by atoms with Gasteiger partial charge in [0.05, 0.1) is 13.8 Å². The molecule has 0 amide bonds. The molecule has 2 aliphatic rings. The van der Waals surface area contributed by atoms with Gasteiger partial charge in [0.25, 0.3) is 0 Å². The number of ether oxygens (including phenoxy) is 1. The van der Waals surface area contributed by atoms with Crippen LogP contribution < -0.4 is 0 Å². The van der Waals surface area contributed by atoms with Gasteiger partial charge in [-0.2, -0.15) is 0 Å². The number of carbonyl (C=O) groups is 1. The number of rotatable bonds is 4. The zero-order valence-electron chi connectivity index (χ0n) is 13.0. The molecule has 4 nitrogen and oxygen atoms in total. The molecule has 1 saturated heterocycles. The summed E-state index contributed by atoms with van der Waals surface area (Å²) in [5, 5.41) is 10.8. The van der Waals surface area contributed by atoms with Crippen molar-refractivity contribution in [1.29, 1.82) is 0 Å². The predicted octanol–water partition coefficient (Wildman–Crippen LogP) is 2.29. The van der Waals surface area contributed by atoms with Crippen LogP contribution in [-0.4, -0.2) is 42.5 Å². The van der Waals surface area contributed by atoms with Gasteiger partial charge in [-0.1, -0.05) is 30.3 Å². The van der Waals surface area contributed by atoms with Crippen molar-refractivity contribution in [3.63, 3.8) is 0 Å². The Morgan fingerprint density at radius 1 is 1.45 bits per heavy atom. The van der Waals surface area contributed by atoms with Crippen LogP contribution in [0, 0.1) is 10.8 Å². The number of carbonyl (C=O) groups excluding carboxylic acids is 1. The number of hydrogen-bond acceptors (Lipinski definition) is 4. The highest BCUT2D eigenvalue weighted by Gasteiger charge is 2.74. The van der Waals surface area contributed by atoms with Crippen molar-refractivity contribution in [2.24, 2.45) is 10.8 Å². The minimum absolute atomic E-state index is 0.0910. The Morgan fingerprint density at radius 3 is 2.64 bits per heavy atom. The van der Waals surface area contributed by atoms with Crippen LogP contribution in [0.25, 0.3) is 0 Å². The number of fused-ring (bicyclic) bond motifs is 1. The van der Waals surface area contributed by atoms with Crippen LogP contribution in [0.4, 0.5) is 4.39 Å². The quantitative estimate of drug-likeness (QED) is 0.867.